The first-order valence-electron chi connectivity index (χ1n) is 8.08. The Morgan fingerprint density at radius 3 is 2.59 bits per heavy atom. The van der Waals surface area contributed by atoms with Crippen molar-refractivity contribution in [1.82, 2.24) is 14.5 Å². The fourth-order valence-corrected chi connectivity index (χ4v) is 4.88. The molecule has 1 atom stereocenters. The number of hydrogen-bond acceptors (Lipinski definition) is 5. The first-order chi connectivity index (χ1) is 10.6. The standard InChI is InChI=1S/C15H21N3O3S/c19-22(20,13-3-4-13)18-8-7-11(9-18)10-21-15-6-5-14(16-17-15)12-1-2-12/h5-6,11-13H,1-4,7-10H2. The average molecular weight is 323 g/mol. The van der Waals surface area contributed by atoms with Crippen molar-refractivity contribution in [2.75, 3.05) is 19.7 Å². The van der Waals surface area contributed by atoms with Gasteiger partial charge >= 0.3 is 0 Å². The van der Waals surface area contributed by atoms with Crippen LogP contribution in [0.15, 0.2) is 12.1 Å². The molecule has 0 N–H and O–H groups in total. The Bertz CT molecular complexity index is 639. The van der Waals surface area contributed by atoms with E-state index in [2.05, 4.69) is 10.2 Å². The van der Waals surface area contributed by atoms with Crippen molar-refractivity contribution in [2.45, 2.75) is 43.3 Å². The van der Waals surface area contributed by atoms with Crippen molar-refractivity contribution >= 4 is 10.0 Å². The Kier molecular flexibility index (Phi) is 3.57. The molecule has 1 unspecified atom stereocenters. The van der Waals surface area contributed by atoms with E-state index in [9.17, 15) is 8.42 Å². The van der Waals surface area contributed by atoms with Gasteiger partial charge in [0.15, 0.2) is 0 Å². The first-order valence-corrected chi connectivity index (χ1v) is 9.58. The van der Waals surface area contributed by atoms with Crippen LogP contribution >= 0.6 is 0 Å². The Balaban J connectivity index is 1.29. The molecule has 0 radical (unpaired) electrons. The quantitative estimate of drug-likeness (QED) is 0.794. The van der Waals surface area contributed by atoms with E-state index in [1.807, 2.05) is 12.1 Å². The minimum absolute atomic E-state index is 0.118. The van der Waals surface area contributed by atoms with E-state index >= 15 is 0 Å². The summed E-state index contributed by atoms with van der Waals surface area (Å²) in [5.74, 6) is 1.38. The van der Waals surface area contributed by atoms with E-state index in [4.69, 9.17) is 4.74 Å². The van der Waals surface area contributed by atoms with Crippen LogP contribution in [0.25, 0.3) is 0 Å². The second kappa shape index (κ2) is 5.45. The molecule has 2 aliphatic carbocycles. The van der Waals surface area contributed by atoms with Crippen molar-refractivity contribution in [2.24, 2.45) is 5.92 Å². The van der Waals surface area contributed by atoms with Crippen LogP contribution in [0.5, 0.6) is 5.88 Å². The van der Waals surface area contributed by atoms with Crippen LogP contribution in [0.1, 0.15) is 43.7 Å². The van der Waals surface area contributed by atoms with Gasteiger partial charge in [0.2, 0.25) is 15.9 Å². The molecular weight excluding hydrogens is 302 g/mol. The van der Waals surface area contributed by atoms with E-state index in [0.717, 1.165) is 25.0 Å². The summed E-state index contributed by atoms with van der Waals surface area (Å²) in [4.78, 5) is 0. The number of rotatable bonds is 6. The summed E-state index contributed by atoms with van der Waals surface area (Å²) in [5, 5.41) is 8.18. The van der Waals surface area contributed by atoms with Crippen LogP contribution in [-0.4, -0.2) is 47.9 Å². The van der Waals surface area contributed by atoms with Crippen molar-refractivity contribution in [1.29, 1.82) is 0 Å². The Hall–Kier alpha value is -1.21. The molecule has 0 amide bonds. The predicted octanol–water partition coefficient (Wildman–Crippen LogP) is 1.55. The third-order valence-electron chi connectivity index (χ3n) is 4.68. The van der Waals surface area contributed by atoms with Crippen LogP contribution in [0.3, 0.4) is 0 Å². The molecule has 1 saturated heterocycles. The maximum atomic E-state index is 12.2. The van der Waals surface area contributed by atoms with E-state index in [1.165, 1.54) is 12.8 Å². The highest BCUT2D eigenvalue weighted by Crippen LogP contribution is 2.38. The van der Waals surface area contributed by atoms with Gasteiger partial charge in [0.1, 0.15) is 0 Å². The lowest BCUT2D eigenvalue weighted by Crippen LogP contribution is -2.32. The number of sulfonamides is 1. The molecule has 0 bridgehead atoms. The molecule has 6 nitrogen and oxygen atoms in total. The number of aromatic nitrogens is 2. The van der Waals surface area contributed by atoms with Gasteiger partial charge in [0, 0.05) is 31.0 Å². The highest BCUT2D eigenvalue weighted by atomic mass is 32.2. The predicted molar refractivity (Wildman–Crippen MR) is 81.1 cm³/mol. The van der Waals surface area contributed by atoms with Crippen LogP contribution in [0, 0.1) is 5.92 Å². The first kappa shape index (κ1) is 14.4. The smallest absolute Gasteiger partial charge is 0.233 e. The molecule has 3 aliphatic rings. The summed E-state index contributed by atoms with van der Waals surface area (Å²) < 4.78 is 31.7. The summed E-state index contributed by atoms with van der Waals surface area (Å²) in [7, 11) is -3.04. The molecule has 22 heavy (non-hydrogen) atoms. The molecule has 4 rings (SSSR count). The molecule has 3 fully saturated rings. The van der Waals surface area contributed by atoms with E-state index in [-0.39, 0.29) is 11.2 Å². The number of nitrogens with zero attached hydrogens (tertiary/aromatic N) is 3. The molecule has 2 saturated carbocycles. The molecular formula is C15H21N3O3S. The zero-order chi connectivity index (χ0) is 15.2. The van der Waals surface area contributed by atoms with E-state index in [1.54, 1.807) is 4.31 Å². The van der Waals surface area contributed by atoms with Crippen LogP contribution < -0.4 is 4.74 Å². The minimum atomic E-state index is -3.04. The van der Waals surface area contributed by atoms with Gasteiger partial charge < -0.3 is 4.74 Å². The summed E-state index contributed by atoms with van der Waals surface area (Å²) >= 11 is 0. The zero-order valence-corrected chi connectivity index (χ0v) is 13.3. The van der Waals surface area contributed by atoms with Crippen molar-refractivity contribution in [3.05, 3.63) is 17.8 Å². The fourth-order valence-electron chi connectivity index (χ4n) is 2.95. The minimum Gasteiger partial charge on any atom is -0.476 e. The van der Waals surface area contributed by atoms with Crippen LogP contribution in [0.4, 0.5) is 0 Å². The lowest BCUT2D eigenvalue weighted by molar-refractivity contribution is 0.243. The molecule has 0 aromatic carbocycles. The van der Waals surface area contributed by atoms with Crippen LogP contribution in [0.2, 0.25) is 0 Å². The van der Waals surface area contributed by atoms with Crippen molar-refractivity contribution in [3.8, 4) is 5.88 Å². The average Bonchev–Trinajstić information content (AvgIpc) is 3.42. The molecule has 1 aromatic rings. The Labute approximate surface area is 130 Å². The highest BCUT2D eigenvalue weighted by molar-refractivity contribution is 7.90. The second-order valence-corrected chi connectivity index (χ2v) is 8.85. The summed E-state index contributed by atoms with van der Waals surface area (Å²) in [6.45, 7) is 1.71. The van der Waals surface area contributed by atoms with Gasteiger partial charge in [-0.15, -0.1) is 5.10 Å². The fraction of sp³-hybridized carbons (Fsp3) is 0.733. The van der Waals surface area contributed by atoms with Gasteiger partial charge in [-0.3, -0.25) is 0 Å². The summed E-state index contributed by atoms with van der Waals surface area (Å²) in [6, 6.07) is 3.85. The normalized spacial score (nSPS) is 26.3. The topological polar surface area (TPSA) is 72.4 Å². The Morgan fingerprint density at radius 2 is 1.95 bits per heavy atom. The molecule has 7 heteroatoms. The van der Waals surface area contributed by atoms with Gasteiger partial charge in [0.05, 0.1) is 17.6 Å². The third-order valence-corrected chi connectivity index (χ3v) is 7.04. The lowest BCUT2D eigenvalue weighted by atomic mass is 10.1. The zero-order valence-electron chi connectivity index (χ0n) is 12.5. The SMILES string of the molecule is O=S(=O)(C1CC1)N1CCC(COc2ccc(C3CC3)nn2)C1. The van der Waals surface area contributed by atoms with E-state index < -0.39 is 10.0 Å². The molecule has 0 spiro atoms. The maximum absolute atomic E-state index is 12.2. The lowest BCUT2D eigenvalue weighted by Gasteiger charge is -2.16. The third kappa shape index (κ3) is 2.96. The van der Waals surface area contributed by atoms with Gasteiger partial charge in [0.25, 0.3) is 0 Å². The number of hydrogen-bond donors (Lipinski definition) is 0. The second-order valence-electron chi connectivity index (χ2n) is 6.64. The van der Waals surface area contributed by atoms with Crippen molar-refractivity contribution < 1.29 is 13.2 Å². The molecule has 120 valence electrons. The van der Waals surface area contributed by atoms with Crippen molar-refractivity contribution in [3.63, 3.8) is 0 Å². The monoisotopic (exact) mass is 323 g/mol. The highest BCUT2D eigenvalue weighted by Gasteiger charge is 2.42. The van der Waals surface area contributed by atoms with E-state index in [0.29, 0.717) is 31.5 Å². The van der Waals surface area contributed by atoms with Gasteiger partial charge in [-0.25, -0.2) is 12.7 Å². The largest absolute Gasteiger partial charge is 0.476 e. The number of ether oxygens (including phenoxy) is 1. The van der Waals surface area contributed by atoms with Crippen LogP contribution in [-0.2, 0) is 10.0 Å². The molecule has 2 heterocycles. The summed E-state index contributed by atoms with van der Waals surface area (Å²) in [6.07, 6.45) is 4.93. The van der Waals surface area contributed by atoms with Gasteiger partial charge in [-0.05, 0) is 38.2 Å². The summed E-state index contributed by atoms with van der Waals surface area (Å²) in [5.41, 5.74) is 1.05. The maximum Gasteiger partial charge on any atom is 0.233 e. The van der Waals surface area contributed by atoms with Gasteiger partial charge in [-0.2, -0.15) is 5.10 Å². The molecule has 1 aromatic heterocycles. The van der Waals surface area contributed by atoms with Gasteiger partial charge in [-0.1, -0.05) is 0 Å². The Morgan fingerprint density at radius 1 is 1.14 bits per heavy atom. The molecule has 1 aliphatic heterocycles.